The predicted molar refractivity (Wildman–Crippen MR) is 153 cm³/mol. The fraction of sp³-hybridized carbons (Fsp3) is 0.484. The zero-order chi connectivity index (χ0) is 27.8. The topological polar surface area (TPSA) is 79.3 Å². The molecule has 1 atom stereocenters. The Morgan fingerprint density at radius 2 is 1.77 bits per heavy atom. The second kappa shape index (κ2) is 13.4. The number of hydrogen-bond acceptors (Lipinski definition) is 6. The van der Waals surface area contributed by atoms with Gasteiger partial charge in [-0.15, -0.1) is 0 Å². The van der Waals surface area contributed by atoms with Crippen molar-refractivity contribution in [2.24, 2.45) is 0 Å². The smallest absolute Gasteiger partial charge is 0.343 e. The van der Waals surface area contributed by atoms with Crippen LogP contribution in [0.5, 0.6) is 5.75 Å². The molecule has 39 heavy (non-hydrogen) atoms. The molecule has 0 unspecified atom stereocenters. The van der Waals surface area contributed by atoms with Crippen molar-refractivity contribution in [3.8, 4) is 5.75 Å². The van der Waals surface area contributed by atoms with E-state index in [1.807, 2.05) is 18.2 Å². The van der Waals surface area contributed by atoms with Crippen LogP contribution in [0, 0.1) is 0 Å². The summed E-state index contributed by atoms with van der Waals surface area (Å²) >= 11 is 6.29. The first kappa shape index (κ1) is 29.0. The molecule has 2 aromatic carbocycles. The number of aryl methyl sites for hydroxylation is 1. The highest BCUT2D eigenvalue weighted by atomic mass is 35.5. The molecule has 2 aromatic rings. The maximum atomic E-state index is 13.1. The van der Waals surface area contributed by atoms with Crippen molar-refractivity contribution < 1.29 is 24.2 Å². The molecule has 0 aromatic heterocycles. The van der Waals surface area contributed by atoms with Crippen LogP contribution < -0.4 is 9.64 Å². The number of carbonyl (C=O) groups is 2. The average Bonchev–Trinajstić information content (AvgIpc) is 2.96. The highest BCUT2D eigenvalue weighted by Gasteiger charge is 2.43. The maximum absolute atomic E-state index is 13.1. The number of halogens is 1. The molecule has 0 fully saturated rings. The summed E-state index contributed by atoms with van der Waals surface area (Å²) in [6.07, 6.45) is 10.4. The van der Waals surface area contributed by atoms with Crippen LogP contribution in [0.4, 0.5) is 5.69 Å². The van der Waals surface area contributed by atoms with E-state index in [0.717, 1.165) is 74.3 Å². The Morgan fingerprint density at radius 3 is 2.56 bits per heavy atom. The molecule has 0 radical (unpaired) electrons. The van der Waals surface area contributed by atoms with Crippen LogP contribution in [0.3, 0.4) is 0 Å². The van der Waals surface area contributed by atoms with Gasteiger partial charge in [-0.3, -0.25) is 4.79 Å². The molecule has 0 spiro atoms. The van der Waals surface area contributed by atoms with Crippen molar-refractivity contribution in [3.05, 3.63) is 70.3 Å². The molecular weight excluding hydrogens is 516 g/mol. The fourth-order valence-corrected chi connectivity index (χ4v) is 5.44. The van der Waals surface area contributed by atoms with Crippen molar-refractivity contribution in [3.63, 3.8) is 0 Å². The van der Waals surface area contributed by atoms with E-state index in [-0.39, 0.29) is 5.91 Å². The number of aliphatic hydroxyl groups is 1. The molecule has 0 saturated carbocycles. The highest BCUT2D eigenvalue weighted by Crippen LogP contribution is 2.37. The first-order valence-corrected chi connectivity index (χ1v) is 14.2. The number of fused-ring (bicyclic) bond motifs is 2. The molecule has 2 aliphatic rings. The van der Waals surface area contributed by atoms with Gasteiger partial charge >= 0.3 is 5.97 Å². The van der Waals surface area contributed by atoms with Crippen LogP contribution in [0.25, 0.3) is 0 Å². The van der Waals surface area contributed by atoms with E-state index >= 15 is 0 Å². The lowest BCUT2D eigenvalue weighted by Gasteiger charge is -2.31. The van der Waals surface area contributed by atoms with Crippen LogP contribution in [0.15, 0.2) is 48.6 Å². The number of esters is 1. The lowest BCUT2D eigenvalue weighted by atomic mass is 9.89. The third kappa shape index (κ3) is 7.14. The number of ether oxygens (including phenoxy) is 2. The Hall–Kier alpha value is -3.03. The molecular formula is C31H39ClN2O5. The molecule has 1 amide bonds. The van der Waals surface area contributed by atoms with Crippen molar-refractivity contribution in [2.45, 2.75) is 63.6 Å². The molecule has 210 valence electrons. The summed E-state index contributed by atoms with van der Waals surface area (Å²) in [7, 11) is 2.91. The minimum atomic E-state index is -2.12. The summed E-state index contributed by atoms with van der Waals surface area (Å²) in [5, 5.41) is 12.4. The molecule has 0 saturated heterocycles. The number of nitrogens with zero attached hydrogens (tertiary/aromatic N) is 2. The predicted octanol–water partition coefficient (Wildman–Crippen LogP) is 5.40. The molecule has 2 heterocycles. The van der Waals surface area contributed by atoms with Crippen LogP contribution in [-0.4, -0.2) is 55.7 Å². The van der Waals surface area contributed by atoms with Gasteiger partial charge in [-0.25, -0.2) is 4.79 Å². The van der Waals surface area contributed by atoms with Crippen molar-refractivity contribution in [2.75, 3.05) is 38.7 Å². The first-order valence-electron chi connectivity index (χ1n) is 13.8. The largest absolute Gasteiger partial charge is 0.487 e. The number of carbonyl (C=O) groups excluding carboxylic acids is 2. The fourth-order valence-electron chi connectivity index (χ4n) is 5.25. The monoisotopic (exact) mass is 554 g/mol. The maximum Gasteiger partial charge on any atom is 0.343 e. The lowest BCUT2D eigenvalue weighted by Crippen LogP contribution is -2.43. The summed E-state index contributed by atoms with van der Waals surface area (Å²) in [4.78, 5) is 29.9. The van der Waals surface area contributed by atoms with Gasteiger partial charge in [-0.1, -0.05) is 35.9 Å². The van der Waals surface area contributed by atoms with Crippen molar-refractivity contribution in [1.82, 2.24) is 4.90 Å². The third-order valence-corrected chi connectivity index (χ3v) is 7.89. The second-order valence-corrected chi connectivity index (χ2v) is 10.9. The molecule has 1 N–H and O–H groups in total. The normalized spacial score (nSPS) is 22.2. The van der Waals surface area contributed by atoms with Gasteiger partial charge in [0.15, 0.2) is 5.60 Å². The van der Waals surface area contributed by atoms with E-state index in [9.17, 15) is 14.7 Å². The third-order valence-electron chi connectivity index (χ3n) is 7.66. The molecule has 8 heteroatoms. The molecule has 0 aliphatic carbocycles. The van der Waals surface area contributed by atoms with Gasteiger partial charge in [0.25, 0.3) is 0 Å². The van der Waals surface area contributed by atoms with Gasteiger partial charge in [-0.05, 0) is 85.9 Å². The van der Waals surface area contributed by atoms with Crippen LogP contribution in [0.2, 0.25) is 5.02 Å². The molecule has 4 rings (SSSR count). The summed E-state index contributed by atoms with van der Waals surface area (Å²) in [6, 6.07) is 11.2. The van der Waals surface area contributed by atoms with Crippen LogP contribution in [0.1, 0.15) is 61.6 Å². The summed E-state index contributed by atoms with van der Waals surface area (Å²) in [5.74, 6) is -0.526. The van der Waals surface area contributed by atoms with Gasteiger partial charge in [0.2, 0.25) is 5.91 Å². The van der Waals surface area contributed by atoms with E-state index in [1.54, 1.807) is 30.1 Å². The highest BCUT2D eigenvalue weighted by molar-refractivity contribution is 6.30. The lowest BCUT2D eigenvalue weighted by molar-refractivity contribution is -0.168. The van der Waals surface area contributed by atoms with Crippen molar-refractivity contribution >= 4 is 29.2 Å². The van der Waals surface area contributed by atoms with Gasteiger partial charge in [0, 0.05) is 31.7 Å². The number of methoxy groups -OCH3 is 1. The zero-order valence-corrected chi connectivity index (χ0v) is 23.7. The van der Waals surface area contributed by atoms with Gasteiger partial charge in [-0.2, -0.15) is 0 Å². The van der Waals surface area contributed by atoms with E-state index in [0.29, 0.717) is 24.5 Å². The Labute approximate surface area is 236 Å². The Bertz CT molecular complexity index is 1200. The van der Waals surface area contributed by atoms with E-state index in [2.05, 4.69) is 17.1 Å². The zero-order valence-electron chi connectivity index (χ0n) is 23.0. The number of amides is 1. The van der Waals surface area contributed by atoms with Gasteiger partial charge < -0.3 is 24.4 Å². The minimum absolute atomic E-state index is 0.317. The SMILES string of the molecule is COC(=O)[C@@]1(O)CC(=O)N(C)CC/C=C/CCCCN2CCCCc3cc(Cl)ccc3COc3ccc1cc32. The molecule has 2 bridgehead atoms. The summed E-state index contributed by atoms with van der Waals surface area (Å²) in [6.45, 7) is 2.49. The van der Waals surface area contributed by atoms with E-state index in [1.165, 1.54) is 12.7 Å². The number of anilines is 1. The Kier molecular flexibility index (Phi) is 9.92. The quantitative estimate of drug-likeness (QED) is 0.375. The summed E-state index contributed by atoms with van der Waals surface area (Å²) < 4.78 is 11.4. The number of rotatable bonds is 1. The van der Waals surface area contributed by atoms with E-state index in [4.69, 9.17) is 21.1 Å². The average molecular weight is 555 g/mol. The number of hydrogen-bond donors (Lipinski definition) is 1. The number of benzene rings is 2. The Morgan fingerprint density at radius 1 is 1.00 bits per heavy atom. The van der Waals surface area contributed by atoms with Gasteiger partial charge in [0.1, 0.15) is 12.4 Å². The van der Waals surface area contributed by atoms with E-state index < -0.39 is 18.0 Å². The van der Waals surface area contributed by atoms with Gasteiger partial charge in [0.05, 0.1) is 19.2 Å². The molecule has 7 nitrogen and oxygen atoms in total. The number of allylic oxidation sites excluding steroid dienone is 1. The Balaban J connectivity index is 1.77. The minimum Gasteiger partial charge on any atom is -0.487 e. The first-order chi connectivity index (χ1) is 18.8. The van der Waals surface area contributed by atoms with Crippen LogP contribution >= 0.6 is 11.6 Å². The van der Waals surface area contributed by atoms with Crippen molar-refractivity contribution in [1.29, 1.82) is 0 Å². The summed E-state index contributed by atoms with van der Waals surface area (Å²) in [5.41, 5.74) is 1.27. The van der Waals surface area contributed by atoms with Crippen LogP contribution in [-0.2, 0) is 33.0 Å². The standard InChI is InChI=1S/C31H39ClN2O5/c1-33-16-8-5-3-4-6-9-17-34-18-10-7-11-23-19-26(32)14-12-24(23)22-39-28-15-13-25(20-27(28)34)31(37,21-29(33)35)30(36)38-2/h3,5,12-15,19-20,37H,4,6-11,16-18,21-22H2,1-2H3/b5-3+/t31-/m1/s1. The molecule has 2 aliphatic heterocycles. The second-order valence-electron chi connectivity index (χ2n) is 10.4.